The summed E-state index contributed by atoms with van der Waals surface area (Å²) in [5.74, 6) is 0. The van der Waals surface area contributed by atoms with E-state index in [1.165, 1.54) is 24.0 Å². The predicted octanol–water partition coefficient (Wildman–Crippen LogP) is 3.57. The lowest BCUT2D eigenvalue weighted by molar-refractivity contribution is 0.494. The molecule has 1 aliphatic rings. The molecular formula is C18H23N3. The molecule has 1 aromatic rings. The second-order valence-electron chi connectivity index (χ2n) is 5.08. The fraction of sp³-hybridized carbons (Fsp3) is 0.278. The van der Waals surface area contributed by atoms with Crippen LogP contribution in [0.15, 0.2) is 60.9 Å². The van der Waals surface area contributed by atoms with Crippen molar-refractivity contribution in [1.82, 2.24) is 10.2 Å². The van der Waals surface area contributed by atoms with Crippen LogP contribution in [0, 0.1) is 0 Å². The van der Waals surface area contributed by atoms with Crippen molar-refractivity contribution < 1.29 is 0 Å². The van der Waals surface area contributed by atoms with Crippen molar-refractivity contribution in [2.24, 2.45) is 4.99 Å². The Labute approximate surface area is 127 Å². The number of nitrogens with zero attached hydrogens (tertiary/aromatic N) is 2. The zero-order valence-electron chi connectivity index (χ0n) is 12.5. The molecule has 3 nitrogen and oxygen atoms in total. The molecule has 1 heterocycles. The van der Waals surface area contributed by atoms with Crippen molar-refractivity contribution >= 4 is 12.0 Å². The first-order chi connectivity index (χ1) is 10.3. The first-order valence-corrected chi connectivity index (χ1v) is 7.38. The zero-order valence-corrected chi connectivity index (χ0v) is 12.5. The lowest BCUT2D eigenvalue weighted by Crippen LogP contribution is -2.16. The van der Waals surface area contributed by atoms with E-state index in [1.54, 1.807) is 18.7 Å². The third-order valence-electron chi connectivity index (χ3n) is 3.59. The van der Waals surface area contributed by atoms with Gasteiger partial charge in [-0.25, -0.2) is 4.99 Å². The van der Waals surface area contributed by atoms with Gasteiger partial charge < -0.3 is 10.2 Å². The largest absolute Gasteiger partial charge is 0.372 e. The third-order valence-corrected chi connectivity index (χ3v) is 3.59. The number of aliphatic imine (C=N–C) groups is 1. The number of likely N-dealkylation sites (tertiary alicyclic amines) is 1. The first kappa shape index (κ1) is 15.1. The van der Waals surface area contributed by atoms with Crippen molar-refractivity contribution in [3.8, 4) is 0 Å². The molecule has 1 saturated heterocycles. The van der Waals surface area contributed by atoms with Gasteiger partial charge in [0.2, 0.25) is 0 Å². The quantitative estimate of drug-likeness (QED) is 0.611. The highest BCUT2D eigenvalue weighted by Gasteiger charge is 2.14. The van der Waals surface area contributed by atoms with Gasteiger partial charge in [0.05, 0.1) is 6.34 Å². The van der Waals surface area contributed by atoms with Crippen LogP contribution >= 0.6 is 0 Å². The number of rotatable bonds is 7. The van der Waals surface area contributed by atoms with E-state index in [4.69, 9.17) is 0 Å². The molecule has 0 aromatic heterocycles. The van der Waals surface area contributed by atoms with E-state index in [0.717, 1.165) is 25.2 Å². The molecule has 0 saturated carbocycles. The second-order valence-corrected chi connectivity index (χ2v) is 5.08. The smallest absolute Gasteiger partial charge is 0.0918 e. The molecule has 0 amide bonds. The third kappa shape index (κ3) is 4.63. The molecule has 110 valence electrons. The van der Waals surface area contributed by atoms with Gasteiger partial charge in [-0.3, -0.25) is 0 Å². The van der Waals surface area contributed by atoms with E-state index >= 15 is 0 Å². The molecule has 0 unspecified atom stereocenters. The van der Waals surface area contributed by atoms with Crippen LogP contribution < -0.4 is 5.32 Å². The molecule has 0 atom stereocenters. The topological polar surface area (TPSA) is 27.6 Å². The monoisotopic (exact) mass is 281 g/mol. The van der Waals surface area contributed by atoms with E-state index in [0.29, 0.717) is 0 Å². The maximum Gasteiger partial charge on any atom is 0.0918 e. The number of benzene rings is 1. The average Bonchev–Trinajstić information content (AvgIpc) is 3.05. The molecule has 1 aromatic carbocycles. The molecule has 1 fully saturated rings. The molecule has 21 heavy (non-hydrogen) atoms. The summed E-state index contributed by atoms with van der Waals surface area (Å²) in [6.45, 7) is 10.0. The molecule has 0 bridgehead atoms. The van der Waals surface area contributed by atoms with E-state index < -0.39 is 0 Å². The van der Waals surface area contributed by atoms with Crippen LogP contribution in [0.3, 0.4) is 0 Å². The van der Waals surface area contributed by atoms with Gasteiger partial charge in [-0.05, 0) is 36.6 Å². The first-order valence-electron chi connectivity index (χ1n) is 7.38. The van der Waals surface area contributed by atoms with Crippen LogP contribution in [0.25, 0.3) is 5.70 Å². The van der Waals surface area contributed by atoms with Crippen molar-refractivity contribution in [1.29, 1.82) is 0 Å². The van der Waals surface area contributed by atoms with Gasteiger partial charge in [0.15, 0.2) is 0 Å². The second kappa shape index (κ2) is 8.10. The lowest BCUT2D eigenvalue weighted by Gasteiger charge is -2.20. The van der Waals surface area contributed by atoms with Gasteiger partial charge in [-0.15, -0.1) is 0 Å². The number of hydrogen-bond donors (Lipinski definition) is 1. The highest BCUT2D eigenvalue weighted by Crippen LogP contribution is 2.22. The highest BCUT2D eigenvalue weighted by molar-refractivity contribution is 5.62. The fourth-order valence-electron chi connectivity index (χ4n) is 2.39. The maximum absolute atomic E-state index is 4.22. The average molecular weight is 281 g/mol. The Morgan fingerprint density at radius 2 is 1.95 bits per heavy atom. The van der Waals surface area contributed by atoms with Gasteiger partial charge in [-0.1, -0.05) is 43.5 Å². The Kier molecular flexibility index (Phi) is 5.83. The van der Waals surface area contributed by atoms with E-state index in [9.17, 15) is 0 Å². The summed E-state index contributed by atoms with van der Waals surface area (Å²) in [5.41, 5.74) is 3.64. The summed E-state index contributed by atoms with van der Waals surface area (Å²) in [4.78, 5) is 6.44. The molecular weight excluding hydrogens is 258 g/mol. The van der Waals surface area contributed by atoms with E-state index in [2.05, 4.69) is 52.6 Å². The van der Waals surface area contributed by atoms with Gasteiger partial charge in [-0.2, -0.15) is 0 Å². The maximum atomic E-state index is 4.22. The molecule has 0 spiro atoms. The summed E-state index contributed by atoms with van der Waals surface area (Å²) in [7, 11) is 0. The van der Waals surface area contributed by atoms with Gasteiger partial charge in [0, 0.05) is 25.0 Å². The minimum atomic E-state index is 0.877. The minimum absolute atomic E-state index is 0.877. The van der Waals surface area contributed by atoms with Gasteiger partial charge in [0.25, 0.3) is 0 Å². The molecule has 0 radical (unpaired) electrons. The van der Waals surface area contributed by atoms with Gasteiger partial charge >= 0.3 is 0 Å². The van der Waals surface area contributed by atoms with Crippen LogP contribution in [0.5, 0.6) is 0 Å². The van der Waals surface area contributed by atoms with Crippen molar-refractivity contribution in [3.63, 3.8) is 0 Å². The SMILES string of the molecule is C=CNC=N/C=C\Cc1ccc(C(=C)N2CCCC2)cc1. The summed E-state index contributed by atoms with van der Waals surface area (Å²) in [6.07, 6.45) is 10.4. The number of nitrogens with one attached hydrogen (secondary N) is 1. The zero-order chi connectivity index (χ0) is 14.9. The molecule has 3 heteroatoms. The van der Waals surface area contributed by atoms with Gasteiger partial charge in [0.1, 0.15) is 0 Å². The van der Waals surface area contributed by atoms with Crippen LogP contribution in [-0.4, -0.2) is 24.3 Å². The molecule has 1 aliphatic heterocycles. The summed E-state index contributed by atoms with van der Waals surface area (Å²) < 4.78 is 0. The Morgan fingerprint density at radius 3 is 2.62 bits per heavy atom. The summed E-state index contributed by atoms with van der Waals surface area (Å²) >= 11 is 0. The minimum Gasteiger partial charge on any atom is -0.372 e. The highest BCUT2D eigenvalue weighted by atomic mass is 15.1. The predicted molar refractivity (Wildman–Crippen MR) is 91.0 cm³/mol. The molecule has 0 aliphatic carbocycles. The normalized spacial score (nSPS) is 15.0. The van der Waals surface area contributed by atoms with Crippen LogP contribution in [0.1, 0.15) is 24.0 Å². The number of hydrogen-bond acceptors (Lipinski definition) is 2. The van der Waals surface area contributed by atoms with Crippen molar-refractivity contribution in [2.45, 2.75) is 19.3 Å². The molecule has 1 N–H and O–H groups in total. The van der Waals surface area contributed by atoms with Crippen LogP contribution in [0.4, 0.5) is 0 Å². The Morgan fingerprint density at radius 1 is 1.24 bits per heavy atom. The van der Waals surface area contributed by atoms with E-state index in [-0.39, 0.29) is 0 Å². The standard InChI is InChI=1S/C18H23N3/c1-3-19-15-20-12-6-7-17-8-10-18(11-9-17)16(2)21-13-4-5-14-21/h3,6,8-12,15H,1-2,4-5,7,13-14H2,(H,19,20)/b12-6-. The van der Waals surface area contributed by atoms with Crippen molar-refractivity contribution in [3.05, 3.63) is 67.0 Å². The lowest BCUT2D eigenvalue weighted by atomic mass is 10.1. The van der Waals surface area contributed by atoms with Crippen LogP contribution in [0.2, 0.25) is 0 Å². The fourth-order valence-corrected chi connectivity index (χ4v) is 2.39. The number of allylic oxidation sites excluding steroid dienone is 1. The Bertz CT molecular complexity index is 520. The van der Waals surface area contributed by atoms with Crippen LogP contribution in [-0.2, 0) is 6.42 Å². The van der Waals surface area contributed by atoms with E-state index in [1.807, 2.05) is 6.08 Å². The Balaban J connectivity index is 1.86. The molecule has 2 rings (SSSR count). The van der Waals surface area contributed by atoms with Crippen molar-refractivity contribution in [2.75, 3.05) is 13.1 Å². The Hall–Kier alpha value is -2.29. The summed E-state index contributed by atoms with van der Waals surface area (Å²) in [5, 5.41) is 2.80. The summed E-state index contributed by atoms with van der Waals surface area (Å²) in [6, 6.07) is 8.64.